The van der Waals surface area contributed by atoms with E-state index < -0.39 is 10.0 Å². The summed E-state index contributed by atoms with van der Waals surface area (Å²) in [5, 5.41) is 0. The number of aldehydes is 1. The largest absolute Gasteiger partial charge is 0.303 e. The van der Waals surface area contributed by atoms with Crippen LogP contribution < -0.4 is 0 Å². The minimum absolute atomic E-state index is 0.176. The Hall–Kier alpha value is -1.20. The average Bonchev–Trinajstić information content (AvgIpc) is 3.05. The molecule has 4 nitrogen and oxygen atoms in total. The smallest absolute Gasteiger partial charge is 0.243 e. The van der Waals surface area contributed by atoms with Crippen LogP contribution in [0.5, 0.6) is 0 Å². The van der Waals surface area contributed by atoms with Gasteiger partial charge in [-0.15, -0.1) is 0 Å². The number of sulfonamides is 1. The van der Waals surface area contributed by atoms with Crippen LogP contribution in [0.25, 0.3) is 0 Å². The van der Waals surface area contributed by atoms with E-state index in [0.29, 0.717) is 24.4 Å². The van der Waals surface area contributed by atoms with Crippen molar-refractivity contribution in [3.05, 3.63) is 29.8 Å². The average molecular weight is 293 g/mol. The molecule has 0 spiro atoms. The van der Waals surface area contributed by atoms with Crippen LogP contribution in [0.1, 0.15) is 25.3 Å². The van der Waals surface area contributed by atoms with Crippen molar-refractivity contribution < 1.29 is 13.2 Å². The van der Waals surface area contributed by atoms with Crippen LogP contribution in [0.3, 0.4) is 0 Å². The van der Waals surface area contributed by atoms with Crippen molar-refractivity contribution in [2.24, 2.45) is 10.8 Å². The number of rotatable bonds is 3. The van der Waals surface area contributed by atoms with Gasteiger partial charge in [0.2, 0.25) is 10.0 Å². The molecule has 0 bridgehead atoms. The minimum atomic E-state index is -3.44. The zero-order valence-corrected chi connectivity index (χ0v) is 12.6. The molecule has 0 amide bonds. The van der Waals surface area contributed by atoms with Gasteiger partial charge in [0.15, 0.2) is 0 Å². The number of piperidine rings is 1. The lowest BCUT2D eigenvalue weighted by atomic mass is 9.89. The number of hydrogen-bond donors (Lipinski definition) is 0. The summed E-state index contributed by atoms with van der Waals surface area (Å²) in [6, 6.07) is 6.93. The summed E-state index contributed by atoms with van der Waals surface area (Å²) in [6.45, 7) is 4.83. The fraction of sp³-hybridized carbons (Fsp3) is 0.533. The zero-order chi connectivity index (χ0) is 14.6. The Balaban J connectivity index is 1.87. The summed E-state index contributed by atoms with van der Waals surface area (Å²) < 4.78 is 26.8. The summed E-state index contributed by atoms with van der Waals surface area (Å²) in [5.41, 5.74) is 0.591. The normalized spacial score (nSPS) is 33.5. The van der Waals surface area contributed by atoms with Crippen LogP contribution in [0, 0.1) is 17.8 Å². The molecule has 2 atom stereocenters. The topological polar surface area (TPSA) is 54.5 Å². The molecule has 1 aromatic carbocycles. The van der Waals surface area contributed by atoms with Gasteiger partial charge in [0.25, 0.3) is 0 Å². The van der Waals surface area contributed by atoms with E-state index in [1.54, 1.807) is 12.1 Å². The van der Waals surface area contributed by atoms with Gasteiger partial charge in [-0.3, -0.25) is 0 Å². The minimum Gasteiger partial charge on any atom is -0.303 e. The van der Waals surface area contributed by atoms with E-state index in [4.69, 9.17) is 0 Å². The van der Waals surface area contributed by atoms with Crippen molar-refractivity contribution in [2.75, 3.05) is 13.1 Å². The van der Waals surface area contributed by atoms with Crippen molar-refractivity contribution in [1.29, 1.82) is 0 Å². The molecule has 0 aromatic heterocycles. The van der Waals surface area contributed by atoms with Crippen LogP contribution in [0.2, 0.25) is 0 Å². The first-order valence-electron chi connectivity index (χ1n) is 6.86. The Morgan fingerprint density at radius 3 is 2.45 bits per heavy atom. The molecule has 20 heavy (non-hydrogen) atoms. The summed E-state index contributed by atoms with van der Waals surface area (Å²) in [6.07, 6.45) is 2.48. The third kappa shape index (κ3) is 1.84. The van der Waals surface area contributed by atoms with Gasteiger partial charge in [-0.1, -0.05) is 24.6 Å². The zero-order valence-electron chi connectivity index (χ0n) is 11.8. The van der Waals surface area contributed by atoms with Gasteiger partial charge < -0.3 is 4.79 Å². The molecule has 1 aromatic rings. The van der Waals surface area contributed by atoms with Crippen molar-refractivity contribution in [3.63, 3.8) is 0 Å². The third-order valence-corrected chi connectivity index (χ3v) is 6.86. The van der Waals surface area contributed by atoms with Crippen molar-refractivity contribution in [1.82, 2.24) is 4.31 Å². The molecule has 2 aliphatic rings. The molecule has 1 aliphatic carbocycles. The first kappa shape index (κ1) is 13.8. The Bertz CT molecular complexity index is 652. The Labute approximate surface area is 119 Å². The summed E-state index contributed by atoms with van der Waals surface area (Å²) in [5.74, 6) is 0. The molecule has 5 heteroatoms. The molecule has 3 rings (SSSR count). The first-order valence-corrected chi connectivity index (χ1v) is 8.30. The summed E-state index contributed by atoms with van der Waals surface area (Å²) in [7, 11) is -3.44. The summed E-state index contributed by atoms with van der Waals surface area (Å²) in [4.78, 5) is 11.6. The van der Waals surface area contributed by atoms with Crippen LogP contribution in [-0.2, 0) is 14.8 Å². The molecule has 1 saturated carbocycles. The predicted octanol–water partition coefficient (Wildman–Crippen LogP) is 1.98. The van der Waals surface area contributed by atoms with E-state index in [1.165, 1.54) is 4.31 Å². The number of benzene rings is 1. The summed E-state index contributed by atoms with van der Waals surface area (Å²) >= 11 is 0. The molecule has 2 fully saturated rings. The Morgan fingerprint density at radius 1 is 1.25 bits per heavy atom. The fourth-order valence-corrected chi connectivity index (χ4v) is 4.92. The molecule has 1 aliphatic heterocycles. The quantitative estimate of drug-likeness (QED) is 0.801. The standard InChI is InChI=1S/C15H19NO3S/c1-12-3-5-13(6-4-12)20(18,19)16-8-7-15(11-17)9-14(15,2)10-16/h3-6,11H,7-10H2,1-2H3/t14?,15-/m0/s1. The van der Waals surface area contributed by atoms with Gasteiger partial charge in [-0.05, 0) is 37.3 Å². The second-order valence-electron chi connectivity index (χ2n) is 6.41. The second-order valence-corrected chi connectivity index (χ2v) is 8.35. The van der Waals surface area contributed by atoms with Crippen LogP contribution in [-0.4, -0.2) is 32.1 Å². The second kappa shape index (κ2) is 4.15. The number of fused-ring (bicyclic) bond motifs is 1. The highest BCUT2D eigenvalue weighted by molar-refractivity contribution is 7.89. The van der Waals surface area contributed by atoms with Crippen molar-refractivity contribution in [3.8, 4) is 0 Å². The maximum atomic E-state index is 12.6. The van der Waals surface area contributed by atoms with Gasteiger partial charge in [-0.2, -0.15) is 4.31 Å². The lowest BCUT2D eigenvalue weighted by Gasteiger charge is -2.33. The van der Waals surface area contributed by atoms with Crippen LogP contribution in [0.15, 0.2) is 29.2 Å². The molecule has 0 N–H and O–H groups in total. The number of carbonyl (C=O) groups excluding carboxylic acids is 1. The Kier molecular flexibility index (Phi) is 2.86. The molecule has 1 unspecified atom stereocenters. The van der Waals surface area contributed by atoms with E-state index in [2.05, 4.69) is 0 Å². The third-order valence-electron chi connectivity index (χ3n) is 5.00. The van der Waals surface area contributed by atoms with Gasteiger partial charge in [0.1, 0.15) is 6.29 Å². The molecule has 0 radical (unpaired) electrons. The van der Waals surface area contributed by atoms with E-state index in [9.17, 15) is 13.2 Å². The van der Waals surface area contributed by atoms with Crippen molar-refractivity contribution >= 4 is 16.3 Å². The molecule has 1 heterocycles. The lowest BCUT2D eigenvalue weighted by Crippen LogP contribution is -2.43. The highest BCUT2D eigenvalue weighted by Gasteiger charge is 2.67. The maximum Gasteiger partial charge on any atom is 0.243 e. The number of hydrogen-bond acceptors (Lipinski definition) is 3. The molecule has 108 valence electrons. The Morgan fingerprint density at radius 2 is 1.90 bits per heavy atom. The monoisotopic (exact) mass is 293 g/mol. The first-order chi connectivity index (χ1) is 9.33. The molecular formula is C15H19NO3S. The van der Waals surface area contributed by atoms with Gasteiger partial charge in [0, 0.05) is 18.5 Å². The lowest BCUT2D eigenvalue weighted by molar-refractivity contribution is -0.114. The molecular weight excluding hydrogens is 274 g/mol. The van der Waals surface area contributed by atoms with E-state index in [-0.39, 0.29) is 10.8 Å². The van der Waals surface area contributed by atoms with Crippen LogP contribution in [0.4, 0.5) is 0 Å². The van der Waals surface area contributed by atoms with Gasteiger partial charge >= 0.3 is 0 Å². The highest BCUT2D eigenvalue weighted by atomic mass is 32.2. The van der Waals surface area contributed by atoms with Gasteiger partial charge in [-0.25, -0.2) is 8.42 Å². The fourth-order valence-electron chi connectivity index (χ4n) is 3.36. The van der Waals surface area contributed by atoms with E-state index in [0.717, 1.165) is 18.3 Å². The van der Waals surface area contributed by atoms with Crippen LogP contribution >= 0.6 is 0 Å². The number of nitrogens with zero attached hydrogens (tertiary/aromatic N) is 1. The SMILES string of the molecule is Cc1ccc(S(=O)(=O)N2CC[C@@]3(C=O)CC3(C)C2)cc1. The number of aryl methyl sites for hydroxylation is 1. The highest BCUT2D eigenvalue weighted by Crippen LogP contribution is 2.66. The van der Waals surface area contributed by atoms with E-state index >= 15 is 0 Å². The van der Waals surface area contributed by atoms with Crippen molar-refractivity contribution in [2.45, 2.75) is 31.6 Å². The van der Waals surface area contributed by atoms with Gasteiger partial charge in [0.05, 0.1) is 4.90 Å². The number of carbonyl (C=O) groups is 1. The predicted molar refractivity (Wildman–Crippen MR) is 75.8 cm³/mol. The molecule has 1 saturated heterocycles. The maximum absolute atomic E-state index is 12.6. The van der Waals surface area contributed by atoms with E-state index in [1.807, 2.05) is 26.0 Å².